The molecule has 0 aliphatic rings. The van der Waals surface area contributed by atoms with Gasteiger partial charge in [-0.15, -0.1) is 21.6 Å². The second-order valence-corrected chi connectivity index (χ2v) is 7.75. The van der Waals surface area contributed by atoms with Crippen molar-refractivity contribution in [3.63, 3.8) is 0 Å². The highest BCUT2D eigenvalue weighted by Gasteiger charge is 2.18. The number of rotatable bonds is 12. The van der Waals surface area contributed by atoms with E-state index in [2.05, 4.69) is 21.2 Å². The maximum Gasteiger partial charge on any atom is 0.259 e. The van der Waals surface area contributed by atoms with Crippen LogP contribution in [0.1, 0.15) is 26.4 Å². The van der Waals surface area contributed by atoms with Crippen molar-refractivity contribution in [2.24, 2.45) is 16.0 Å². The van der Waals surface area contributed by atoms with E-state index in [9.17, 15) is 10.1 Å². The van der Waals surface area contributed by atoms with Crippen LogP contribution in [-0.2, 0) is 9.47 Å². The van der Waals surface area contributed by atoms with Crippen LogP contribution in [-0.4, -0.2) is 57.6 Å². The zero-order valence-corrected chi connectivity index (χ0v) is 18.7. The van der Waals surface area contributed by atoms with E-state index in [0.717, 1.165) is 22.6 Å². The van der Waals surface area contributed by atoms with Crippen LogP contribution in [0.15, 0.2) is 28.4 Å². The van der Waals surface area contributed by atoms with Crippen molar-refractivity contribution >= 4 is 33.6 Å². The zero-order valence-electron chi connectivity index (χ0n) is 17.9. The average Bonchev–Trinajstić information content (AvgIpc) is 3.07. The number of benzene rings is 1. The minimum atomic E-state index is -0.578. The van der Waals surface area contributed by atoms with Crippen molar-refractivity contribution in [2.75, 3.05) is 51.5 Å². The van der Waals surface area contributed by atoms with Gasteiger partial charge in [0.2, 0.25) is 0 Å². The Labute approximate surface area is 185 Å². The number of nitriles is 1. The average molecular weight is 446 g/mol. The van der Waals surface area contributed by atoms with Gasteiger partial charge in [0.1, 0.15) is 6.07 Å². The molecule has 3 N–H and O–H groups in total. The number of hydrogen-bond donors (Lipinski definition) is 2. The first-order valence-electron chi connectivity index (χ1n) is 9.72. The molecule has 0 fully saturated rings. The number of nitrogens with zero attached hydrogens (tertiary/aromatic N) is 4. The van der Waals surface area contributed by atoms with Crippen LogP contribution in [0.25, 0.3) is 0 Å². The molecule has 0 aliphatic carbocycles. The number of azo groups is 1. The van der Waals surface area contributed by atoms with Gasteiger partial charge in [0.15, 0.2) is 5.00 Å². The summed E-state index contributed by atoms with van der Waals surface area (Å²) >= 11 is 1.07. The molecule has 0 saturated heterocycles. The molecule has 9 nitrogen and oxygen atoms in total. The predicted octanol–water partition coefficient (Wildman–Crippen LogP) is 3.21. The molecule has 0 unspecified atom stereocenters. The van der Waals surface area contributed by atoms with Gasteiger partial charge >= 0.3 is 0 Å². The molecule has 31 heavy (non-hydrogen) atoms. The van der Waals surface area contributed by atoms with E-state index in [-0.39, 0.29) is 6.61 Å². The van der Waals surface area contributed by atoms with E-state index in [0.29, 0.717) is 59.7 Å². The highest BCUT2D eigenvalue weighted by Crippen LogP contribution is 2.36. The Morgan fingerprint density at radius 2 is 1.94 bits per heavy atom. The van der Waals surface area contributed by atoms with Gasteiger partial charge in [-0.2, -0.15) is 5.26 Å². The van der Waals surface area contributed by atoms with Crippen molar-refractivity contribution in [1.82, 2.24) is 0 Å². The number of aryl methyl sites for hydroxylation is 1. The SMILES string of the molecule is Cc1cc(N(C)CCOCCOCCO)ccc1N=Nc1sc(C(N)=O)c(C)c1C#N. The van der Waals surface area contributed by atoms with Gasteiger partial charge in [0, 0.05) is 19.3 Å². The van der Waals surface area contributed by atoms with Crippen LogP contribution in [0.2, 0.25) is 0 Å². The van der Waals surface area contributed by atoms with Crippen LogP contribution in [0.3, 0.4) is 0 Å². The smallest absolute Gasteiger partial charge is 0.259 e. The fourth-order valence-corrected chi connectivity index (χ4v) is 3.67. The van der Waals surface area contributed by atoms with Crippen LogP contribution < -0.4 is 10.6 Å². The standard InChI is InChI=1S/C21H27N5O4S/c1-14-12-16(26(3)6-8-29-10-11-30-9-7-27)4-5-18(14)24-25-21-17(13-22)15(2)19(31-21)20(23)28/h4-5,12,27H,6-11H2,1-3H3,(H2,23,28). The van der Waals surface area contributed by atoms with Crippen LogP contribution in [0.4, 0.5) is 16.4 Å². The molecule has 166 valence electrons. The Morgan fingerprint density at radius 1 is 1.23 bits per heavy atom. The molecule has 0 aliphatic heterocycles. The van der Waals surface area contributed by atoms with E-state index in [1.165, 1.54) is 0 Å². The molecule has 0 radical (unpaired) electrons. The maximum atomic E-state index is 11.5. The van der Waals surface area contributed by atoms with E-state index >= 15 is 0 Å². The lowest BCUT2D eigenvalue weighted by molar-refractivity contribution is 0.0353. The first kappa shape index (κ1) is 24.4. The summed E-state index contributed by atoms with van der Waals surface area (Å²) in [7, 11) is 1.97. The lowest BCUT2D eigenvalue weighted by Crippen LogP contribution is -2.23. The van der Waals surface area contributed by atoms with Crippen molar-refractivity contribution in [1.29, 1.82) is 5.26 Å². The van der Waals surface area contributed by atoms with E-state index in [4.69, 9.17) is 20.3 Å². The second-order valence-electron chi connectivity index (χ2n) is 6.75. The molecule has 10 heteroatoms. The number of aliphatic hydroxyl groups excluding tert-OH is 1. The summed E-state index contributed by atoms with van der Waals surface area (Å²) in [6.45, 7) is 6.14. The fourth-order valence-electron chi connectivity index (χ4n) is 2.74. The number of hydrogen-bond acceptors (Lipinski definition) is 9. The number of primary amides is 1. The molecule has 0 spiro atoms. The molecule has 1 aromatic carbocycles. The Balaban J connectivity index is 1.99. The minimum absolute atomic E-state index is 0.0124. The third kappa shape index (κ3) is 6.83. The minimum Gasteiger partial charge on any atom is -0.394 e. The number of carbonyl (C=O) groups excluding carboxylic acids is 1. The highest BCUT2D eigenvalue weighted by atomic mass is 32.1. The van der Waals surface area contributed by atoms with Crippen molar-refractivity contribution < 1.29 is 19.4 Å². The first-order chi connectivity index (χ1) is 14.9. The van der Waals surface area contributed by atoms with E-state index in [1.54, 1.807) is 6.92 Å². The van der Waals surface area contributed by atoms with Crippen LogP contribution in [0, 0.1) is 25.2 Å². The second kappa shape index (κ2) is 12.1. The summed E-state index contributed by atoms with van der Waals surface area (Å²) in [5, 5.41) is 26.8. The number of amides is 1. The third-order valence-corrected chi connectivity index (χ3v) is 5.70. The Bertz CT molecular complexity index is 967. The van der Waals surface area contributed by atoms with Gasteiger partial charge in [-0.3, -0.25) is 4.79 Å². The van der Waals surface area contributed by atoms with Gasteiger partial charge in [-0.05, 0) is 43.2 Å². The molecule has 0 bridgehead atoms. The molecule has 1 amide bonds. The predicted molar refractivity (Wildman–Crippen MR) is 120 cm³/mol. The number of nitrogens with two attached hydrogens (primary N) is 1. The highest BCUT2D eigenvalue weighted by molar-refractivity contribution is 7.18. The molecular formula is C21H27N5O4S. The number of ether oxygens (including phenoxy) is 2. The fraction of sp³-hybridized carbons (Fsp3) is 0.429. The van der Waals surface area contributed by atoms with E-state index < -0.39 is 5.91 Å². The summed E-state index contributed by atoms with van der Waals surface area (Å²) < 4.78 is 10.7. The number of carbonyl (C=O) groups is 1. The topological polar surface area (TPSA) is 134 Å². The molecule has 1 aromatic heterocycles. The van der Waals surface area contributed by atoms with Crippen LogP contribution in [0.5, 0.6) is 0 Å². The van der Waals surface area contributed by atoms with Gasteiger partial charge in [0.05, 0.1) is 49.2 Å². The maximum absolute atomic E-state index is 11.5. The van der Waals surface area contributed by atoms with Gasteiger partial charge < -0.3 is 25.2 Å². The number of thiophene rings is 1. The molecule has 0 saturated carbocycles. The van der Waals surface area contributed by atoms with Gasteiger partial charge in [0.25, 0.3) is 5.91 Å². The lowest BCUT2D eigenvalue weighted by atomic mass is 10.1. The molecule has 2 rings (SSSR count). The molecule has 0 atom stereocenters. The van der Waals surface area contributed by atoms with Gasteiger partial charge in [-0.25, -0.2) is 0 Å². The monoisotopic (exact) mass is 445 g/mol. The summed E-state index contributed by atoms with van der Waals surface area (Å²) in [4.78, 5) is 13.9. The summed E-state index contributed by atoms with van der Waals surface area (Å²) in [5.41, 5.74) is 8.82. The van der Waals surface area contributed by atoms with Crippen molar-refractivity contribution in [3.05, 3.63) is 39.8 Å². The van der Waals surface area contributed by atoms with E-state index in [1.807, 2.05) is 32.2 Å². The summed E-state index contributed by atoms with van der Waals surface area (Å²) in [6.07, 6.45) is 0. The lowest BCUT2D eigenvalue weighted by Gasteiger charge is -2.20. The Morgan fingerprint density at radius 3 is 2.55 bits per heavy atom. The Kier molecular flexibility index (Phi) is 9.55. The molecular weight excluding hydrogens is 418 g/mol. The quantitative estimate of drug-likeness (QED) is 0.381. The Hall–Kier alpha value is -2.84. The van der Waals surface area contributed by atoms with Crippen molar-refractivity contribution in [2.45, 2.75) is 13.8 Å². The number of likely N-dealkylation sites (N-methyl/N-ethyl adjacent to an activating group) is 1. The molecule has 1 heterocycles. The summed E-state index contributed by atoms with van der Waals surface area (Å²) in [5.74, 6) is -0.578. The zero-order chi connectivity index (χ0) is 22.8. The third-order valence-electron chi connectivity index (χ3n) is 4.51. The van der Waals surface area contributed by atoms with Gasteiger partial charge in [-0.1, -0.05) is 0 Å². The number of anilines is 1. The normalized spacial score (nSPS) is 11.1. The number of aliphatic hydroxyl groups is 1. The first-order valence-corrected chi connectivity index (χ1v) is 10.5. The largest absolute Gasteiger partial charge is 0.394 e. The van der Waals surface area contributed by atoms with Crippen molar-refractivity contribution in [3.8, 4) is 6.07 Å². The summed E-state index contributed by atoms with van der Waals surface area (Å²) in [6, 6.07) is 7.86. The molecule has 2 aromatic rings. The van der Waals surface area contributed by atoms with Crippen LogP contribution >= 0.6 is 11.3 Å².